The number of non-ortho nitro benzene ring substituents is 1. The average Bonchev–Trinajstić information content (AvgIpc) is 2.90. The molecule has 1 unspecified atom stereocenters. The van der Waals surface area contributed by atoms with Gasteiger partial charge in [-0.1, -0.05) is 18.2 Å². The average molecular weight is 323 g/mol. The van der Waals surface area contributed by atoms with E-state index >= 15 is 0 Å². The molecule has 0 bridgehead atoms. The summed E-state index contributed by atoms with van der Waals surface area (Å²) in [6.45, 7) is 2.17. The zero-order chi connectivity index (χ0) is 17.1. The summed E-state index contributed by atoms with van der Waals surface area (Å²) >= 11 is 0. The number of para-hydroxylation sites is 1. The number of aromatic nitrogens is 1. The Balaban J connectivity index is 1.73. The Morgan fingerprint density at radius 3 is 2.67 bits per heavy atom. The zero-order valence-corrected chi connectivity index (χ0v) is 13.1. The molecule has 0 spiro atoms. The van der Waals surface area contributed by atoms with Crippen LogP contribution >= 0.6 is 0 Å². The van der Waals surface area contributed by atoms with Crippen LogP contribution in [-0.4, -0.2) is 27.8 Å². The van der Waals surface area contributed by atoms with Crippen LogP contribution in [-0.2, 0) is 0 Å². The number of aliphatic imine (C=N–C) groups is 1. The number of aliphatic hydroxyl groups excluding tert-OH is 1. The lowest BCUT2D eigenvalue weighted by Gasteiger charge is -2.07. The second-order valence-electron chi connectivity index (χ2n) is 5.57. The fourth-order valence-electron chi connectivity index (χ4n) is 2.63. The van der Waals surface area contributed by atoms with E-state index in [1.165, 1.54) is 12.1 Å². The van der Waals surface area contributed by atoms with Crippen LogP contribution in [0.3, 0.4) is 0 Å². The van der Waals surface area contributed by atoms with E-state index < -0.39 is 11.0 Å². The van der Waals surface area contributed by atoms with Crippen molar-refractivity contribution in [1.82, 2.24) is 4.98 Å². The Hall–Kier alpha value is -2.99. The standard InChI is InChI=1S/C18H17N3O3/c1-12-16(15-4-2-3-5-17(15)20-12)10-19-11-18(22)13-6-8-14(9-7-13)21(23)24/h2-10,18,20,22H,11H2,1H3. The van der Waals surface area contributed by atoms with E-state index in [-0.39, 0.29) is 12.2 Å². The Morgan fingerprint density at radius 1 is 1.25 bits per heavy atom. The van der Waals surface area contributed by atoms with E-state index in [0.29, 0.717) is 5.56 Å². The highest BCUT2D eigenvalue weighted by atomic mass is 16.6. The van der Waals surface area contributed by atoms with Gasteiger partial charge in [0.15, 0.2) is 0 Å². The summed E-state index contributed by atoms with van der Waals surface area (Å²) < 4.78 is 0. The molecule has 0 radical (unpaired) electrons. The van der Waals surface area contributed by atoms with Gasteiger partial charge >= 0.3 is 0 Å². The quantitative estimate of drug-likeness (QED) is 0.427. The van der Waals surface area contributed by atoms with Gasteiger partial charge in [0.05, 0.1) is 17.6 Å². The van der Waals surface area contributed by atoms with Crippen LogP contribution in [0.25, 0.3) is 10.9 Å². The summed E-state index contributed by atoms with van der Waals surface area (Å²) in [4.78, 5) is 17.8. The molecule has 1 heterocycles. The van der Waals surface area contributed by atoms with Crippen LogP contribution in [0.5, 0.6) is 0 Å². The summed E-state index contributed by atoms with van der Waals surface area (Å²) in [6.07, 6.45) is 0.954. The molecule has 6 heteroatoms. The maximum atomic E-state index is 10.6. The molecule has 1 atom stereocenters. The molecular formula is C18H17N3O3. The van der Waals surface area contributed by atoms with Crippen LogP contribution in [0.2, 0.25) is 0 Å². The van der Waals surface area contributed by atoms with E-state index in [1.54, 1.807) is 18.3 Å². The molecule has 2 aromatic carbocycles. The second-order valence-corrected chi connectivity index (χ2v) is 5.57. The molecule has 0 aliphatic rings. The van der Waals surface area contributed by atoms with Crippen molar-refractivity contribution in [2.24, 2.45) is 4.99 Å². The van der Waals surface area contributed by atoms with Gasteiger partial charge in [-0.15, -0.1) is 0 Å². The largest absolute Gasteiger partial charge is 0.386 e. The van der Waals surface area contributed by atoms with Crippen LogP contribution in [0.1, 0.15) is 22.9 Å². The highest BCUT2D eigenvalue weighted by Gasteiger charge is 2.10. The van der Waals surface area contributed by atoms with Gasteiger partial charge in [0.25, 0.3) is 5.69 Å². The van der Waals surface area contributed by atoms with Crippen molar-refractivity contribution in [1.29, 1.82) is 0 Å². The van der Waals surface area contributed by atoms with Gasteiger partial charge in [-0.3, -0.25) is 15.1 Å². The lowest BCUT2D eigenvalue weighted by atomic mass is 10.1. The topological polar surface area (TPSA) is 91.5 Å². The fraction of sp³-hybridized carbons (Fsp3) is 0.167. The minimum absolute atomic E-state index is 0.00358. The number of aryl methyl sites for hydroxylation is 1. The summed E-state index contributed by atoms with van der Waals surface area (Å²) in [5, 5.41) is 21.9. The minimum Gasteiger partial charge on any atom is -0.386 e. The molecule has 122 valence electrons. The van der Waals surface area contributed by atoms with E-state index in [2.05, 4.69) is 9.98 Å². The van der Waals surface area contributed by atoms with E-state index in [9.17, 15) is 15.2 Å². The third-order valence-electron chi connectivity index (χ3n) is 3.93. The number of H-pyrrole nitrogens is 1. The maximum Gasteiger partial charge on any atom is 0.269 e. The van der Waals surface area contributed by atoms with E-state index in [1.807, 2.05) is 31.2 Å². The Labute approximate surface area is 138 Å². The van der Waals surface area contributed by atoms with E-state index in [4.69, 9.17) is 0 Å². The van der Waals surface area contributed by atoms with Crippen LogP contribution in [0, 0.1) is 17.0 Å². The molecule has 0 aliphatic heterocycles. The number of rotatable bonds is 5. The van der Waals surface area contributed by atoms with Crippen molar-refractivity contribution in [3.63, 3.8) is 0 Å². The third kappa shape index (κ3) is 3.18. The van der Waals surface area contributed by atoms with Gasteiger partial charge in [0, 0.05) is 40.5 Å². The Kier molecular flexibility index (Phi) is 4.39. The molecule has 2 N–H and O–H groups in total. The SMILES string of the molecule is Cc1[nH]c2ccccc2c1C=NCC(O)c1ccc([N+](=O)[O-])cc1. The van der Waals surface area contributed by atoms with Crippen molar-refractivity contribution < 1.29 is 10.0 Å². The molecule has 0 saturated heterocycles. The first-order chi connectivity index (χ1) is 11.6. The molecule has 0 aliphatic carbocycles. The van der Waals surface area contributed by atoms with Gasteiger partial charge in [0.2, 0.25) is 0 Å². The fourth-order valence-corrected chi connectivity index (χ4v) is 2.63. The predicted octanol–water partition coefficient (Wildman–Crippen LogP) is 3.54. The maximum absolute atomic E-state index is 10.6. The number of aliphatic hydroxyl groups is 1. The summed E-state index contributed by atoms with van der Waals surface area (Å²) in [7, 11) is 0. The molecule has 0 amide bonds. The van der Waals surface area contributed by atoms with Gasteiger partial charge in [-0.05, 0) is 30.7 Å². The highest BCUT2D eigenvalue weighted by molar-refractivity contribution is 6.00. The van der Waals surface area contributed by atoms with Crippen molar-refractivity contribution in [3.8, 4) is 0 Å². The van der Waals surface area contributed by atoms with Crippen LogP contribution in [0.4, 0.5) is 5.69 Å². The molecular weight excluding hydrogens is 306 g/mol. The lowest BCUT2D eigenvalue weighted by molar-refractivity contribution is -0.384. The first kappa shape index (κ1) is 15.9. The monoisotopic (exact) mass is 323 g/mol. The second kappa shape index (κ2) is 6.64. The summed E-state index contributed by atoms with van der Waals surface area (Å²) in [5.41, 5.74) is 3.68. The summed E-state index contributed by atoms with van der Waals surface area (Å²) in [5.74, 6) is 0. The lowest BCUT2D eigenvalue weighted by Crippen LogP contribution is -2.02. The van der Waals surface area contributed by atoms with Crippen LogP contribution < -0.4 is 0 Å². The molecule has 6 nitrogen and oxygen atoms in total. The number of hydrogen-bond donors (Lipinski definition) is 2. The normalized spacial score (nSPS) is 12.8. The molecule has 0 fully saturated rings. The van der Waals surface area contributed by atoms with Gasteiger partial charge < -0.3 is 10.1 Å². The van der Waals surface area contributed by atoms with Crippen molar-refractivity contribution in [2.45, 2.75) is 13.0 Å². The number of nitro groups is 1. The first-order valence-corrected chi connectivity index (χ1v) is 7.56. The molecule has 3 aromatic rings. The molecule has 24 heavy (non-hydrogen) atoms. The predicted molar refractivity (Wildman–Crippen MR) is 93.6 cm³/mol. The molecule has 1 aromatic heterocycles. The number of benzene rings is 2. The van der Waals surface area contributed by atoms with E-state index in [0.717, 1.165) is 22.2 Å². The van der Waals surface area contributed by atoms with Crippen molar-refractivity contribution in [3.05, 3.63) is 75.5 Å². The highest BCUT2D eigenvalue weighted by Crippen LogP contribution is 2.21. The third-order valence-corrected chi connectivity index (χ3v) is 3.93. The summed E-state index contributed by atoms with van der Waals surface area (Å²) in [6, 6.07) is 13.8. The van der Waals surface area contributed by atoms with Crippen LogP contribution in [0.15, 0.2) is 53.5 Å². The Morgan fingerprint density at radius 2 is 1.96 bits per heavy atom. The Bertz CT molecular complexity index is 898. The number of nitrogens with one attached hydrogen (secondary N) is 1. The number of nitro benzene ring substituents is 1. The van der Waals surface area contributed by atoms with Gasteiger partial charge in [-0.2, -0.15) is 0 Å². The molecule has 0 saturated carbocycles. The van der Waals surface area contributed by atoms with Crippen molar-refractivity contribution in [2.75, 3.05) is 6.54 Å². The van der Waals surface area contributed by atoms with Gasteiger partial charge in [-0.25, -0.2) is 0 Å². The minimum atomic E-state index is -0.799. The smallest absolute Gasteiger partial charge is 0.269 e. The zero-order valence-electron chi connectivity index (χ0n) is 13.1. The first-order valence-electron chi connectivity index (χ1n) is 7.56. The van der Waals surface area contributed by atoms with Crippen molar-refractivity contribution >= 4 is 22.8 Å². The number of fused-ring (bicyclic) bond motifs is 1. The molecule has 3 rings (SSSR count). The van der Waals surface area contributed by atoms with Gasteiger partial charge in [0.1, 0.15) is 0 Å². The number of aromatic amines is 1. The number of nitrogens with zero attached hydrogens (tertiary/aromatic N) is 2. The number of hydrogen-bond acceptors (Lipinski definition) is 4.